The van der Waals surface area contributed by atoms with Crippen molar-refractivity contribution >= 4 is 22.8 Å². The van der Waals surface area contributed by atoms with Gasteiger partial charge in [-0.2, -0.15) is 0 Å². The van der Waals surface area contributed by atoms with Gasteiger partial charge in [-0.1, -0.05) is 54.8 Å². The van der Waals surface area contributed by atoms with Gasteiger partial charge in [-0.25, -0.2) is 15.0 Å². The molecule has 0 saturated heterocycles. The van der Waals surface area contributed by atoms with E-state index in [1.165, 1.54) is 6.33 Å². The lowest BCUT2D eigenvalue weighted by atomic mass is 10.0. The number of imidazole rings is 1. The molecule has 0 fully saturated rings. The van der Waals surface area contributed by atoms with Gasteiger partial charge >= 0.3 is 0 Å². The van der Waals surface area contributed by atoms with E-state index in [4.69, 9.17) is 21.4 Å². The van der Waals surface area contributed by atoms with Crippen molar-refractivity contribution in [2.24, 2.45) is 0 Å². The van der Waals surface area contributed by atoms with E-state index in [1.54, 1.807) is 6.33 Å². The Hall–Kier alpha value is -2.06. The second-order valence-electron chi connectivity index (χ2n) is 7.18. The van der Waals surface area contributed by atoms with E-state index in [-0.39, 0.29) is 18.8 Å². The van der Waals surface area contributed by atoms with Gasteiger partial charge in [0.2, 0.25) is 0 Å². The highest BCUT2D eigenvalue weighted by Gasteiger charge is 2.23. The van der Waals surface area contributed by atoms with Crippen LogP contribution in [0.4, 0.5) is 0 Å². The fourth-order valence-electron chi connectivity index (χ4n) is 3.40. The molecular weight excluding hydrogens is 392 g/mol. The topological polar surface area (TPSA) is 93.3 Å². The van der Waals surface area contributed by atoms with Crippen LogP contribution in [0.5, 0.6) is 0 Å². The minimum Gasteiger partial charge on any atom is -0.394 e. The molecule has 0 saturated carbocycles. The monoisotopic (exact) mass is 418 g/mol. The fraction of sp³-hybridized carbons (Fsp3) is 0.476. The average molecular weight is 419 g/mol. The van der Waals surface area contributed by atoms with Crippen LogP contribution in [-0.2, 0) is 11.3 Å². The molecule has 3 aromatic rings. The van der Waals surface area contributed by atoms with Crippen LogP contribution in [0.1, 0.15) is 44.2 Å². The van der Waals surface area contributed by atoms with E-state index in [1.807, 2.05) is 41.8 Å². The van der Waals surface area contributed by atoms with Gasteiger partial charge < -0.3 is 19.5 Å². The van der Waals surface area contributed by atoms with Gasteiger partial charge in [0.1, 0.15) is 11.8 Å². The number of nitrogens with zero attached hydrogens (tertiary/aromatic N) is 4. The number of hydrogen-bond acceptors (Lipinski definition) is 6. The molecule has 0 spiro atoms. The van der Waals surface area contributed by atoms with Crippen LogP contribution < -0.4 is 0 Å². The third-order valence-corrected chi connectivity index (χ3v) is 5.34. The standard InChI is InChI=1S/C21H27ClN4O3/c1-15(29-12-16-7-3-2-4-8-16)18(10-6-5-9-17(28)11-27)26-14-25-19-20(22)23-13-24-21(19)26/h2-4,7-8,13-15,17-18,27-28H,5-6,9-12H2,1H3/t15-,17?,18+/m0/s1. The van der Waals surface area contributed by atoms with E-state index < -0.39 is 6.10 Å². The van der Waals surface area contributed by atoms with Gasteiger partial charge in [0.25, 0.3) is 0 Å². The first-order valence-corrected chi connectivity index (χ1v) is 10.3. The molecule has 2 aromatic heterocycles. The zero-order chi connectivity index (χ0) is 20.6. The number of halogens is 1. The van der Waals surface area contributed by atoms with Crippen LogP contribution in [-0.4, -0.2) is 48.5 Å². The summed E-state index contributed by atoms with van der Waals surface area (Å²) < 4.78 is 8.18. The third kappa shape index (κ3) is 5.73. The quantitative estimate of drug-likeness (QED) is 0.365. The maximum atomic E-state index is 9.58. The summed E-state index contributed by atoms with van der Waals surface area (Å²) in [5.41, 5.74) is 2.37. The summed E-state index contributed by atoms with van der Waals surface area (Å²) in [4.78, 5) is 12.8. The first kappa shape index (κ1) is 21.6. The molecule has 2 heterocycles. The largest absolute Gasteiger partial charge is 0.394 e. The van der Waals surface area contributed by atoms with Crippen molar-refractivity contribution in [3.05, 3.63) is 53.7 Å². The van der Waals surface area contributed by atoms with E-state index >= 15 is 0 Å². The van der Waals surface area contributed by atoms with Crippen LogP contribution in [0.2, 0.25) is 5.15 Å². The molecule has 156 valence electrons. The van der Waals surface area contributed by atoms with Crippen molar-refractivity contribution in [1.82, 2.24) is 19.5 Å². The number of benzene rings is 1. The minimum absolute atomic E-state index is 0.000878. The smallest absolute Gasteiger partial charge is 0.165 e. The highest BCUT2D eigenvalue weighted by atomic mass is 35.5. The van der Waals surface area contributed by atoms with Crippen molar-refractivity contribution in [1.29, 1.82) is 0 Å². The molecule has 29 heavy (non-hydrogen) atoms. The molecule has 0 aliphatic heterocycles. The number of aliphatic hydroxyl groups excluding tert-OH is 2. The number of hydrogen-bond donors (Lipinski definition) is 2. The van der Waals surface area contributed by atoms with Crippen molar-refractivity contribution < 1.29 is 14.9 Å². The van der Waals surface area contributed by atoms with Gasteiger partial charge in [0, 0.05) is 0 Å². The summed E-state index contributed by atoms with van der Waals surface area (Å²) in [7, 11) is 0. The highest BCUT2D eigenvalue weighted by Crippen LogP contribution is 2.28. The Morgan fingerprint density at radius 3 is 2.62 bits per heavy atom. The second kappa shape index (κ2) is 10.6. The average Bonchev–Trinajstić information content (AvgIpc) is 3.17. The van der Waals surface area contributed by atoms with Crippen LogP contribution in [0.3, 0.4) is 0 Å². The number of rotatable bonds is 11. The van der Waals surface area contributed by atoms with Gasteiger partial charge in [0.05, 0.1) is 37.8 Å². The number of ether oxygens (including phenoxy) is 1. The Kier molecular flexibility index (Phi) is 7.94. The van der Waals surface area contributed by atoms with Crippen molar-refractivity contribution in [3.8, 4) is 0 Å². The van der Waals surface area contributed by atoms with Crippen molar-refractivity contribution in [3.63, 3.8) is 0 Å². The third-order valence-electron chi connectivity index (χ3n) is 5.07. The summed E-state index contributed by atoms with van der Waals surface area (Å²) in [5, 5.41) is 18.9. The summed E-state index contributed by atoms with van der Waals surface area (Å²) in [6, 6.07) is 10.1. The molecule has 3 atom stereocenters. The van der Waals surface area contributed by atoms with Gasteiger partial charge in [-0.15, -0.1) is 0 Å². The molecule has 7 nitrogen and oxygen atoms in total. The number of fused-ring (bicyclic) bond motifs is 1. The van der Waals surface area contributed by atoms with Crippen molar-refractivity contribution in [2.45, 2.75) is 57.5 Å². The summed E-state index contributed by atoms with van der Waals surface area (Å²) in [6.07, 6.45) is 5.49. The van der Waals surface area contributed by atoms with Crippen LogP contribution in [0.25, 0.3) is 11.2 Å². The molecule has 1 unspecified atom stereocenters. The lowest BCUT2D eigenvalue weighted by Gasteiger charge is -2.26. The first-order chi connectivity index (χ1) is 14.1. The molecule has 0 radical (unpaired) electrons. The maximum absolute atomic E-state index is 9.58. The lowest BCUT2D eigenvalue weighted by molar-refractivity contribution is 0.0145. The maximum Gasteiger partial charge on any atom is 0.165 e. The van der Waals surface area contributed by atoms with Crippen LogP contribution in [0, 0.1) is 0 Å². The molecular formula is C21H27ClN4O3. The number of aliphatic hydroxyl groups is 2. The number of unbranched alkanes of at least 4 members (excludes halogenated alkanes) is 1. The van der Waals surface area contributed by atoms with Gasteiger partial charge in [-0.3, -0.25) is 0 Å². The summed E-state index contributed by atoms with van der Waals surface area (Å²) in [6.45, 7) is 2.36. The molecule has 8 heteroatoms. The second-order valence-corrected chi connectivity index (χ2v) is 7.54. The van der Waals surface area contributed by atoms with Crippen LogP contribution in [0.15, 0.2) is 43.0 Å². The molecule has 3 rings (SSSR count). The zero-order valence-electron chi connectivity index (χ0n) is 16.5. The SMILES string of the molecule is C[C@H](OCc1ccccc1)[C@@H](CCCCC(O)CO)n1cnc2c(Cl)ncnc21. The summed E-state index contributed by atoms with van der Waals surface area (Å²) >= 11 is 6.16. The lowest BCUT2D eigenvalue weighted by Crippen LogP contribution is -2.24. The Bertz CT molecular complexity index is 890. The highest BCUT2D eigenvalue weighted by molar-refractivity contribution is 6.33. The molecule has 0 aliphatic rings. The Morgan fingerprint density at radius 2 is 1.86 bits per heavy atom. The van der Waals surface area contributed by atoms with E-state index in [9.17, 15) is 5.11 Å². The molecule has 0 aliphatic carbocycles. The zero-order valence-corrected chi connectivity index (χ0v) is 17.2. The molecule has 0 bridgehead atoms. The Morgan fingerprint density at radius 1 is 1.10 bits per heavy atom. The molecule has 1 aromatic carbocycles. The van der Waals surface area contributed by atoms with E-state index in [0.29, 0.717) is 29.3 Å². The normalized spacial score (nSPS) is 14.8. The fourth-order valence-corrected chi connectivity index (χ4v) is 3.58. The first-order valence-electron chi connectivity index (χ1n) is 9.87. The predicted molar refractivity (Wildman–Crippen MR) is 112 cm³/mol. The van der Waals surface area contributed by atoms with Crippen LogP contribution >= 0.6 is 11.6 Å². The number of aromatic nitrogens is 4. The molecule has 0 amide bonds. The Balaban J connectivity index is 1.74. The van der Waals surface area contributed by atoms with Gasteiger partial charge in [-0.05, 0) is 25.3 Å². The van der Waals surface area contributed by atoms with Gasteiger partial charge in [0.15, 0.2) is 10.8 Å². The van der Waals surface area contributed by atoms with Crippen molar-refractivity contribution in [2.75, 3.05) is 6.61 Å². The Labute approximate surface area is 175 Å². The van der Waals surface area contributed by atoms with E-state index in [0.717, 1.165) is 24.8 Å². The molecule has 2 N–H and O–H groups in total. The summed E-state index contributed by atoms with van der Waals surface area (Å²) in [5.74, 6) is 0. The minimum atomic E-state index is -0.666. The predicted octanol–water partition coefficient (Wildman–Crippen LogP) is 3.54. The van der Waals surface area contributed by atoms with E-state index in [2.05, 4.69) is 15.0 Å².